The quantitative estimate of drug-likeness (QED) is 0.682. The van der Waals surface area contributed by atoms with E-state index in [9.17, 15) is 14.1 Å². The van der Waals surface area contributed by atoms with E-state index >= 15 is 0 Å². The fourth-order valence-corrected chi connectivity index (χ4v) is 5.53. The van der Waals surface area contributed by atoms with Crippen molar-refractivity contribution in [3.05, 3.63) is 34.5 Å². The number of anilines is 1. The fourth-order valence-electron chi connectivity index (χ4n) is 4.53. The van der Waals surface area contributed by atoms with Gasteiger partial charge in [-0.1, -0.05) is 6.07 Å². The van der Waals surface area contributed by atoms with Crippen LogP contribution in [0.25, 0.3) is 0 Å². The molecule has 1 aromatic heterocycles. The van der Waals surface area contributed by atoms with Crippen LogP contribution in [0.3, 0.4) is 0 Å². The van der Waals surface area contributed by atoms with Crippen LogP contribution in [0.2, 0.25) is 0 Å². The summed E-state index contributed by atoms with van der Waals surface area (Å²) in [5.74, 6) is 0.181. The van der Waals surface area contributed by atoms with Crippen molar-refractivity contribution in [3.63, 3.8) is 0 Å². The van der Waals surface area contributed by atoms with E-state index in [0.29, 0.717) is 0 Å². The van der Waals surface area contributed by atoms with Crippen LogP contribution in [-0.2, 0) is 42.1 Å². The molecule has 0 bridgehead atoms. The fraction of sp³-hybridized carbons (Fsp3) is 0.474. The summed E-state index contributed by atoms with van der Waals surface area (Å²) in [4.78, 5) is 12.8. The van der Waals surface area contributed by atoms with Gasteiger partial charge in [-0.2, -0.15) is 5.10 Å². The van der Waals surface area contributed by atoms with Crippen molar-refractivity contribution >= 4 is 21.6 Å². The van der Waals surface area contributed by atoms with Crippen LogP contribution in [0.5, 0.6) is 5.88 Å². The molecule has 2 aliphatic carbocycles. The van der Waals surface area contributed by atoms with E-state index in [2.05, 4.69) is 20.8 Å². The number of urea groups is 1. The van der Waals surface area contributed by atoms with Crippen LogP contribution >= 0.6 is 0 Å². The Bertz CT molecular complexity index is 1100. The molecule has 0 spiro atoms. The maximum Gasteiger partial charge on any atom is 0.354 e. The number of ether oxygens (including phenoxy) is 1. The Morgan fingerprint density at radius 1 is 1.28 bits per heavy atom. The topological polar surface area (TPSA) is 132 Å². The number of fused-ring (bicyclic) bond motifs is 3. The summed E-state index contributed by atoms with van der Waals surface area (Å²) in [5, 5.41) is 22.5. The van der Waals surface area contributed by atoms with Gasteiger partial charge in [-0.15, -0.1) is 4.36 Å². The molecule has 2 aromatic rings. The number of carbonyl (C=O) groups is 1. The lowest BCUT2D eigenvalue weighted by Gasteiger charge is -2.20. The van der Waals surface area contributed by atoms with Crippen molar-refractivity contribution < 1.29 is 18.8 Å². The summed E-state index contributed by atoms with van der Waals surface area (Å²) in [6, 6.07) is 1.54. The summed E-state index contributed by atoms with van der Waals surface area (Å²) in [7, 11) is -3.55. The molecule has 1 aromatic carbocycles. The molecule has 3 aliphatic rings. The highest BCUT2D eigenvalue weighted by Gasteiger charge is 2.28. The van der Waals surface area contributed by atoms with Gasteiger partial charge in [0.1, 0.15) is 17.6 Å². The molecule has 29 heavy (non-hydrogen) atoms. The van der Waals surface area contributed by atoms with Gasteiger partial charge in [0.25, 0.3) is 0 Å². The molecule has 5 rings (SSSR count). The van der Waals surface area contributed by atoms with E-state index in [1.54, 1.807) is 0 Å². The van der Waals surface area contributed by atoms with E-state index in [1.165, 1.54) is 22.0 Å². The average molecular weight is 417 g/mol. The Morgan fingerprint density at radius 3 is 2.66 bits per heavy atom. The Hall–Kier alpha value is -2.43. The molecule has 2 atom stereocenters. The van der Waals surface area contributed by atoms with Crippen LogP contribution < -0.4 is 15.2 Å². The second kappa shape index (κ2) is 6.82. The van der Waals surface area contributed by atoms with Gasteiger partial charge >= 0.3 is 6.03 Å². The first-order valence-corrected chi connectivity index (χ1v) is 11.4. The molecule has 10 heteroatoms. The molecular formula is C19H23N5O4S. The first kappa shape index (κ1) is 18.6. The molecule has 154 valence electrons. The van der Waals surface area contributed by atoms with Crippen LogP contribution in [0.15, 0.2) is 21.5 Å². The van der Waals surface area contributed by atoms with Gasteiger partial charge in [0.05, 0.1) is 12.7 Å². The standard InChI is InChI=1S/C19H23N5O4S/c20-29(27,16-8-21-24-9-13(25)10-28-18(16)24)23-19(26)22-17-14-5-1-3-11(14)7-12-4-2-6-15(12)17/h7-8,13,25H,1-6,9-10H2,(H3,20,22,23,26,27)/t13-,29?/m0/s1. The molecule has 0 radical (unpaired) electrons. The third-order valence-corrected chi connectivity index (χ3v) is 7.14. The van der Waals surface area contributed by atoms with Crippen molar-refractivity contribution in [3.8, 4) is 5.88 Å². The second-order valence-corrected chi connectivity index (χ2v) is 9.54. The number of benzene rings is 1. The number of aromatic nitrogens is 2. The first-order chi connectivity index (χ1) is 13.9. The predicted molar refractivity (Wildman–Crippen MR) is 106 cm³/mol. The maximum atomic E-state index is 13.0. The van der Waals surface area contributed by atoms with E-state index in [4.69, 9.17) is 9.88 Å². The summed E-state index contributed by atoms with van der Waals surface area (Å²) >= 11 is 0. The van der Waals surface area contributed by atoms with Crippen molar-refractivity contribution in [2.75, 3.05) is 11.9 Å². The third-order valence-electron chi connectivity index (χ3n) is 5.79. The Morgan fingerprint density at radius 2 is 1.97 bits per heavy atom. The molecule has 0 saturated heterocycles. The van der Waals surface area contributed by atoms with Crippen molar-refractivity contribution in [2.45, 2.75) is 56.1 Å². The van der Waals surface area contributed by atoms with Crippen molar-refractivity contribution in [1.82, 2.24) is 9.78 Å². The van der Waals surface area contributed by atoms with E-state index in [-0.39, 0.29) is 23.9 Å². The lowest BCUT2D eigenvalue weighted by molar-refractivity contribution is 0.0538. The van der Waals surface area contributed by atoms with E-state index in [1.807, 2.05) is 0 Å². The number of nitrogens with two attached hydrogens (primary N) is 1. The minimum atomic E-state index is -3.55. The van der Waals surface area contributed by atoms with Crippen LogP contribution in [0.1, 0.15) is 35.1 Å². The van der Waals surface area contributed by atoms with E-state index < -0.39 is 22.1 Å². The Labute approximate surface area is 168 Å². The molecular weight excluding hydrogens is 394 g/mol. The number of hydrogen-bond donors (Lipinski definition) is 3. The zero-order valence-corrected chi connectivity index (χ0v) is 16.7. The molecule has 0 fully saturated rings. The highest BCUT2D eigenvalue weighted by Crippen LogP contribution is 2.38. The van der Waals surface area contributed by atoms with Crippen molar-refractivity contribution in [1.29, 1.82) is 0 Å². The van der Waals surface area contributed by atoms with Gasteiger partial charge in [-0.25, -0.2) is 18.8 Å². The van der Waals surface area contributed by atoms with Gasteiger partial charge in [-0.3, -0.25) is 0 Å². The number of rotatable bonds is 2. The minimum Gasteiger partial charge on any atom is -0.474 e. The van der Waals surface area contributed by atoms with Gasteiger partial charge in [0, 0.05) is 5.69 Å². The average Bonchev–Trinajstić information content (AvgIpc) is 3.39. The maximum absolute atomic E-state index is 13.0. The number of aryl methyl sites for hydroxylation is 2. The number of nitrogens with one attached hydrogen (secondary N) is 1. The lowest BCUT2D eigenvalue weighted by Crippen LogP contribution is -2.30. The predicted octanol–water partition coefficient (Wildman–Crippen LogP) is 1.55. The lowest BCUT2D eigenvalue weighted by atomic mass is 9.99. The molecule has 2 amide bonds. The Kier molecular flexibility index (Phi) is 4.37. The number of nitrogens with zero attached hydrogens (tertiary/aromatic N) is 3. The van der Waals surface area contributed by atoms with Crippen LogP contribution in [-0.4, -0.2) is 37.8 Å². The number of aliphatic hydroxyl groups excluding tert-OH is 1. The van der Waals surface area contributed by atoms with Crippen LogP contribution in [0.4, 0.5) is 10.5 Å². The molecule has 9 nitrogen and oxygen atoms in total. The van der Waals surface area contributed by atoms with Gasteiger partial charge < -0.3 is 15.2 Å². The zero-order chi connectivity index (χ0) is 20.2. The monoisotopic (exact) mass is 417 g/mol. The normalized spacial score (nSPS) is 21.5. The molecule has 4 N–H and O–H groups in total. The molecule has 1 aliphatic heterocycles. The van der Waals surface area contributed by atoms with Gasteiger partial charge in [-0.05, 0) is 60.8 Å². The number of carbonyl (C=O) groups excluding carboxylic acids is 1. The number of aliphatic hydroxyl groups is 1. The number of amides is 2. The summed E-state index contributed by atoms with van der Waals surface area (Å²) in [6.07, 6.45) is 6.59. The van der Waals surface area contributed by atoms with E-state index in [0.717, 1.165) is 55.3 Å². The summed E-state index contributed by atoms with van der Waals surface area (Å²) in [6.45, 7) is 0.252. The minimum absolute atomic E-state index is 0.0443. The second-order valence-electron chi connectivity index (χ2n) is 7.79. The first-order valence-electron chi connectivity index (χ1n) is 9.81. The van der Waals surface area contributed by atoms with Crippen molar-refractivity contribution in [2.24, 2.45) is 9.50 Å². The molecule has 1 unspecified atom stereocenters. The largest absolute Gasteiger partial charge is 0.474 e. The highest BCUT2D eigenvalue weighted by atomic mass is 32.2. The molecule has 2 heterocycles. The third kappa shape index (κ3) is 3.21. The summed E-state index contributed by atoms with van der Waals surface area (Å²) < 4.78 is 23.6. The summed E-state index contributed by atoms with van der Waals surface area (Å²) in [5.41, 5.74) is 5.72. The smallest absolute Gasteiger partial charge is 0.354 e. The van der Waals surface area contributed by atoms with Gasteiger partial charge in [0.2, 0.25) is 5.88 Å². The van der Waals surface area contributed by atoms with Gasteiger partial charge in [0.15, 0.2) is 9.92 Å². The zero-order valence-electron chi connectivity index (χ0n) is 15.9. The SMILES string of the molecule is NS(=O)(=NC(=O)Nc1c2c(cc3c1CCC3)CCC2)c1cnn2c1OC[C@@H](O)C2. The molecule has 0 saturated carbocycles. The number of hydrogen-bond acceptors (Lipinski definition) is 5. The Balaban J connectivity index is 1.47. The van der Waals surface area contributed by atoms with Crippen LogP contribution in [0, 0.1) is 0 Å². The highest BCUT2D eigenvalue weighted by molar-refractivity contribution is 7.91.